The number of halogens is 2. The van der Waals surface area contributed by atoms with Crippen LogP contribution in [0.15, 0.2) is 41.1 Å². The number of benzene rings is 1. The second-order valence-electron chi connectivity index (χ2n) is 4.74. The van der Waals surface area contributed by atoms with Crippen LogP contribution in [0.2, 0.25) is 0 Å². The van der Waals surface area contributed by atoms with E-state index in [4.69, 9.17) is 0 Å². The summed E-state index contributed by atoms with van der Waals surface area (Å²) < 4.78 is 13.9. The number of aromatic amines is 1. The molecule has 1 aromatic carbocycles. The van der Waals surface area contributed by atoms with E-state index in [1.54, 1.807) is 18.3 Å². The van der Waals surface area contributed by atoms with Gasteiger partial charge in [-0.25, -0.2) is 9.37 Å². The molecule has 0 bridgehead atoms. The fourth-order valence-corrected chi connectivity index (χ4v) is 2.45. The summed E-state index contributed by atoms with van der Waals surface area (Å²) >= 11 is 3.27. The zero-order valence-corrected chi connectivity index (χ0v) is 13.0. The summed E-state index contributed by atoms with van der Waals surface area (Å²) in [5, 5.41) is 2.80. The number of carbonyl (C=O) groups excluding carboxylic acids is 1. The topological polar surface area (TPSA) is 70.7 Å². The zero-order chi connectivity index (χ0) is 15.5. The number of H-pyrrole nitrogens is 1. The highest BCUT2D eigenvalue weighted by Crippen LogP contribution is 2.13. The van der Waals surface area contributed by atoms with Crippen molar-refractivity contribution in [2.24, 2.45) is 0 Å². The average molecular weight is 363 g/mol. The number of nitrogens with zero attached hydrogens (tertiary/aromatic N) is 2. The minimum atomic E-state index is -0.307. The van der Waals surface area contributed by atoms with E-state index >= 15 is 0 Å². The van der Waals surface area contributed by atoms with Crippen LogP contribution in [0.3, 0.4) is 0 Å². The summed E-state index contributed by atoms with van der Waals surface area (Å²) in [4.78, 5) is 23.3. The number of hydrogen-bond acceptors (Lipinski definition) is 3. The monoisotopic (exact) mass is 362 g/mol. The molecule has 0 aliphatic heterocycles. The average Bonchev–Trinajstić information content (AvgIpc) is 2.89. The number of nitrogens with one attached hydrogen (secondary N) is 2. The van der Waals surface area contributed by atoms with Crippen LogP contribution in [0.25, 0.3) is 11.0 Å². The lowest BCUT2D eigenvalue weighted by atomic mass is 10.2. The number of rotatable bonds is 4. The lowest BCUT2D eigenvalue weighted by Gasteiger charge is -2.03. The number of hydrogen-bond donors (Lipinski definition) is 2. The van der Waals surface area contributed by atoms with Crippen molar-refractivity contribution in [1.29, 1.82) is 0 Å². The number of amides is 1. The van der Waals surface area contributed by atoms with Gasteiger partial charge in [0, 0.05) is 29.8 Å². The third-order valence-electron chi connectivity index (χ3n) is 3.11. The van der Waals surface area contributed by atoms with Crippen LogP contribution in [0.4, 0.5) is 4.39 Å². The summed E-state index contributed by atoms with van der Waals surface area (Å²) in [5.74, 6) is 0.197. The first-order valence-electron chi connectivity index (χ1n) is 6.65. The quantitative estimate of drug-likeness (QED) is 0.749. The highest BCUT2D eigenvalue weighted by atomic mass is 79.9. The van der Waals surface area contributed by atoms with Gasteiger partial charge in [0.05, 0.1) is 16.6 Å². The number of imidazole rings is 1. The summed E-state index contributed by atoms with van der Waals surface area (Å²) in [6.45, 7) is 0.424. The predicted molar refractivity (Wildman–Crippen MR) is 84.0 cm³/mol. The number of aromatic nitrogens is 3. The highest BCUT2D eigenvalue weighted by Gasteiger charge is 2.07. The zero-order valence-electron chi connectivity index (χ0n) is 11.4. The fraction of sp³-hybridized carbons (Fsp3) is 0.133. The SMILES string of the molecule is O=C(NCCc1nc2ccc(F)cc2[nH]1)c1cncc(Br)c1. The molecular weight excluding hydrogens is 351 g/mol. The van der Waals surface area contributed by atoms with Gasteiger partial charge in [-0.1, -0.05) is 0 Å². The van der Waals surface area contributed by atoms with Crippen LogP contribution in [0.1, 0.15) is 16.2 Å². The molecule has 0 aliphatic carbocycles. The van der Waals surface area contributed by atoms with Crippen molar-refractivity contribution in [3.63, 3.8) is 0 Å². The van der Waals surface area contributed by atoms with Crippen molar-refractivity contribution < 1.29 is 9.18 Å². The van der Waals surface area contributed by atoms with E-state index in [-0.39, 0.29) is 11.7 Å². The molecule has 7 heteroatoms. The normalized spacial score (nSPS) is 10.8. The van der Waals surface area contributed by atoms with Crippen LogP contribution < -0.4 is 5.32 Å². The summed E-state index contributed by atoms with van der Waals surface area (Å²) in [7, 11) is 0. The summed E-state index contributed by atoms with van der Waals surface area (Å²) in [6.07, 6.45) is 3.65. The Labute approximate surface area is 134 Å². The van der Waals surface area contributed by atoms with Gasteiger partial charge in [0.25, 0.3) is 5.91 Å². The first kappa shape index (κ1) is 14.6. The molecule has 22 heavy (non-hydrogen) atoms. The van der Waals surface area contributed by atoms with Crippen LogP contribution in [0, 0.1) is 5.82 Å². The lowest BCUT2D eigenvalue weighted by molar-refractivity contribution is 0.0953. The Morgan fingerprint density at radius 1 is 1.32 bits per heavy atom. The second kappa shape index (κ2) is 6.23. The van der Waals surface area contributed by atoms with Crippen molar-refractivity contribution in [1.82, 2.24) is 20.3 Å². The standard InChI is InChI=1S/C15H12BrFN4O/c16-10-5-9(7-18-8-10)15(22)19-4-3-14-20-12-2-1-11(17)6-13(12)21-14/h1-2,5-8H,3-4H2,(H,19,22)(H,20,21). The molecule has 5 nitrogen and oxygen atoms in total. The molecule has 0 aliphatic rings. The molecule has 0 spiro atoms. The van der Waals surface area contributed by atoms with E-state index in [0.29, 0.717) is 35.4 Å². The van der Waals surface area contributed by atoms with E-state index in [0.717, 1.165) is 4.47 Å². The van der Waals surface area contributed by atoms with Gasteiger partial charge in [-0.05, 0) is 40.2 Å². The first-order valence-corrected chi connectivity index (χ1v) is 7.44. The van der Waals surface area contributed by atoms with Gasteiger partial charge in [-0.3, -0.25) is 9.78 Å². The molecule has 3 aromatic rings. The maximum absolute atomic E-state index is 13.1. The Kier molecular flexibility index (Phi) is 4.15. The van der Waals surface area contributed by atoms with Crippen molar-refractivity contribution in [2.45, 2.75) is 6.42 Å². The number of fused-ring (bicyclic) bond motifs is 1. The summed E-state index contributed by atoms with van der Waals surface area (Å²) in [5.41, 5.74) is 1.84. The Hall–Kier alpha value is -2.28. The molecule has 2 heterocycles. The van der Waals surface area contributed by atoms with E-state index in [9.17, 15) is 9.18 Å². The molecule has 0 unspecified atom stereocenters. The van der Waals surface area contributed by atoms with Gasteiger partial charge < -0.3 is 10.3 Å². The molecule has 0 atom stereocenters. The van der Waals surface area contributed by atoms with Crippen LogP contribution in [-0.2, 0) is 6.42 Å². The molecule has 0 saturated carbocycles. The van der Waals surface area contributed by atoms with Crippen LogP contribution >= 0.6 is 15.9 Å². The molecule has 0 fully saturated rings. The minimum absolute atomic E-state index is 0.198. The summed E-state index contributed by atoms with van der Waals surface area (Å²) in [6, 6.07) is 6.09. The highest BCUT2D eigenvalue weighted by molar-refractivity contribution is 9.10. The molecular formula is C15H12BrFN4O. The van der Waals surface area contributed by atoms with E-state index in [1.165, 1.54) is 18.3 Å². The van der Waals surface area contributed by atoms with Crippen molar-refractivity contribution in [3.05, 3.63) is 58.3 Å². The van der Waals surface area contributed by atoms with Gasteiger partial charge >= 0.3 is 0 Å². The third-order valence-corrected chi connectivity index (χ3v) is 3.54. The predicted octanol–water partition coefficient (Wildman–Crippen LogP) is 2.83. The Balaban J connectivity index is 1.61. The molecule has 0 radical (unpaired) electrons. The largest absolute Gasteiger partial charge is 0.352 e. The van der Waals surface area contributed by atoms with E-state index in [2.05, 4.69) is 36.2 Å². The first-order chi connectivity index (χ1) is 10.6. The maximum Gasteiger partial charge on any atom is 0.252 e. The number of pyridine rings is 1. The Bertz CT molecular complexity index is 833. The lowest BCUT2D eigenvalue weighted by Crippen LogP contribution is -2.26. The Morgan fingerprint density at radius 3 is 3.00 bits per heavy atom. The van der Waals surface area contributed by atoms with Gasteiger partial charge in [0.2, 0.25) is 0 Å². The molecule has 2 aromatic heterocycles. The van der Waals surface area contributed by atoms with Crippen molar-refractivity contribution in [2.75, 3.05) is 6.54 Å². The van der Waals surface area contributed by atoms with Crippen molar-refractivity contribution in [3.8, 4) is 0 Å². The molecule has 3 rings (SSSR count). The molecule has 112 valence electrons. The Morgan fingerprint density at radius 2 is 2.18 bits per heavy atom. The second-order valence-corrected chi connectivity index (χ2v) is 5.66. The maximum atomic E-state index is 13.1. The van der Waals surface area contributed by atoms with Gasteiger partial charge in [0.15, 0.2) is 0 Å². The van der Waals surface area contributed by atoms with Crippen LogP contribution in [0.5, 0.6) is 0 Å². The van der Waals surface area contributed by atoms with Gasteiger partial charge in [0.1, 0.15) is 11.6 Å². The van der Waals surface area contributed by atoms with Gasteiger partial charge in [-0.15, -0.1) is 0 Å². The van der Waals surface area contributed by atoms with Gasteiger partial charge in [-0.2, -0.15) is 0 Å². The third kappa shape index (κ3) is 3.30. The van der Waals surface area contributed by atoms with Crippen molar-refractivity contribution >= 4 is 32.9 Å². The van der Waals surface area contributed by atoms with Crippen LogP contribution in [-0.4, -0.2) is 27.4 Å². The van der Waals surface area contributed by atoms with E-state index < -0.39 is 0 Å². The number of carbonyl (C=O) groups is 1. The smallest absolute Gasteiger partial charge is 0.252 e. The minimum Gasteiger partial charge on any atom is -0.352 e. The van der Waals surface area contributed by atoms with E-state index in [1.807, 2.05) is 0 Å². The molecule has 0 saturated heterocycles. The fourth-order valence-electron chi connectivity index (χ4n) is 2.09. The molecule has 2 N–H and O–H groups in total. The molecule has 1 amide bonds.